The molecule has 30 heavy (non-hydrogen) atoms. The zero-order valence-electron chi connectivity index (χ0n) is 17.6. The lowest BCUT2D eigenvalue weighted by molar-refractivity contribution is 0.0382. The first-order valence-corrected chi connectivity index (χ1v) is 12.4. The summed E-state index contributed by atoms with van der Waals surface area (Å²) in [5.74, 6) is -0.711. The number of ether oxygens (including phenoxy) is 1. The van der Waals surface area contributed by atoms with Gasteiger partial charge in [-0.3, -0.25) is 14.8 Å². The summed E-state index contributed by atoms with van der Waals surface area (Å²) in [5, 5.41) is 7.36. The zero-order valence-corrected chi connectivity index (χ0v) is 19.3. The van der Waals surface area contributed by atoms with Gasteiger partial charge < -0.3 is 4.74 Å². The van der Waals surface area contributed by atoms with Crippen molar-refractivity contribution in [1.29, 1.82) is 0 Å². The number of carbonyl (C=O) groups is 2. The van der Waals surface area contributed by atoms with E-state index in [2.05, 4.69) is 15.4 Å². The Bertz CT molecular complexity index is 1070. The average Bonchev–Trinajstić information content (AvgIpc) is 3.30. The minimum Gasteiger partial charge on any atom is -0.459 e. The van der Waals surface area contributed by atoms with E-state index in [1.54, 1.807) is 31.5 Å². The van der Waals surface area contributed by atoms with Crippen molar-refractivity contribution in [3.8, 4) is 0 Å². The number of hydrogen-bond acceptors (Lipinski definition) is 8. The van der Waals surface area contributed by atoms with Gasteiger partial charge in [-0.05, 0) is 39.2 Å². The number of aryl methyl sites for hydroxylation is 1. The summed E-state index contributed by atoms with van der Waals surface area (Å²) >= 11 is 1.04. The highest BCUT2D eigenvalue weighted by Crippen LogP contribution is 2.29. The Labute approximate surface area is 179 Å². The van der Waals surface area contributed by atoms with Crippen LogP contribution in [-0.2, 0) is 14.6 Å². The van der Waals surface area contributed by atoms with Gasteiger partial charge in [0.1, 0.15) is 4.88 Å². The molecule has 1 saturated heterocycles. The van der Waals surface area contributed by atoms with Crippen molar-refractivity contribution in [3.63, 3.8) is 0 Å². The predicted molar refractivity (Wildman–Crippen MR) is 114 cm³/mol. The molecule has 0 aromatic carbocycles. The molecule has 3 rings (SSSR count). The molecule has 3 heterocycles. The Morgan fingerprint density at radius 3 is 2.57 bits per heavy atom. The second-order valence-corrected chi connectivity index (χ2v) is 11.2. The molecule has 2 aromatic heterocycles. The molecule has 1 amide bonds. The Balaban J connectivity index is 1.81. The third kappa shape index (κ3) is 4.89. The summed E-state index contributed by atoms with van der Waals surface area (Å²) in [6.07, 6.45) is 0.229. The normalized spacial score (nSPS) is 18.2. The van der Waals surface area contributed by atoms with Crippen molar-refractivity contribution in [2.24, 2.45) is 0 Å². The fraction of sp³-hybridized carbons (Fsp3) is 0.579. The SMILES string of the molecule is Cc1nc(NC(=O)c2cc(C(C)C)n([C@H]3CCS(=O)(=O)C3)n2)sc1C(=O)OC(C)C. The minimum absolute atomic E-state index is 0.0302. The summed E-state index contributed by atoms with van der Waals surface area (Å²) in [4.78, 5) is 29.5. The maximum Gasteiger partial charge on any atom is 0.350 e. The molecule has 1 aliphatic rings. The van der Waals surface area contributed by atoms with Crippen molar-refractivity contribution in [1.82, 2.24) is 14.8 Å². The molecule has 2 aromatic rings. The van der Waals surface area contributed by atoms with E-state index in [9.17, 15) is 18.0 Å². The standard InChI is InChI=1S/C19H26N4O5S2/c1-10(2)15-8-14(22-23(15)13-6-7-30(26,27)9-13)17(24)21-19-20-12(5)16(29-19)18(25)28-11(3)4/h8,10-11,13H,6-7,9H2,1-5H3,(H,20,21,24)/t13-/m0/s1. The van der Waals surface area contributed by atoms with Gasteiger partial charge >= 0.3 is 5.97 Å². The fourth-order valence-corrected chi connectivity index (χ4v) is 5.82. The van der Waals surface area contributed by atoms with Crippen LogP contribution < -0.4 is 5.32 Å². The van der Waals surface area contributed by atoms with Gasteiger partial charge in [0.15, 0.2) is 20.7 Å². The molecule has 0 aliphatic carbocycles. The van der Waals surface area contributed by atoms with Crippen LogP contribution in [-0.4, -0.2) is 52.7 Å². The van der Waals surface area contributed by atoms with Crippen LogP contribution in [0.4, 0.5) is 5.13 Å². The summed E-state index contributed by atoms with van der Waals surface area (Å²) in [5.41, 5.74) is 1.46. The third-order valence-corrected chi connectivity index (χ3v) is 7.49. The highest BCUT2D eigenvalue weighted by Gasteiger charge is 2.32. The number of rotatable bonds is 6. The number of thiazole rings is 1. The number of nitrogens with one attached hydrogen (secondary N) is 1. The predicted octanol–water partition coefficient (Wildman–Crippen LogP) is 2.95. The fourth-order valence-electron chi connectivity index (χ4n) is 3.28. The second-order valence-electron chi connectivity index (χ2n) is 7.95. The molecule has 11 heteroatoms. The smallest absolute Gasteiger partial charge is 0.350 e. The molecule has 164 valence electrons. The van der Waals surface area contributed by atoms with Crippen LogP contribution in [0, 0.1) is 6.92 Å². The van der Waals surface area contributed by atoms with Gasteiger partial charge in [0.2, 0.25) is 0 Å². The lowest BCUT2D eigenvalue weighted by atomic mass is 10.1. The molecule has 1 fully saturated rings. The lowest BCUT2D eigenvalue weighted by Gasteiger charge is -2.15. The van der Waals surface area contributed by atoms with Crippen molar-refractivity contribution < 1.29 is 22.7 Å². The van der Waals surface area contributed by atoms with Crippen molar-refractivity contribution >= 4 is 38.2 Å². The summed E-state index contributed by atoms with van der Waals surface area (Å²) < 4.78 is 30.6. The molecule has 1 N–H and O–H groups in total. The highest BCUT2D eigenvalue weighted by molar-refractivity contribution is 7.91. The Hall–Kier alpha value is -2.27. The van der Waals surface area contributed by atoms with Crippen LogP contribution in [0.15, 0.2) is 6.07 Å². The topological polar surface area (TPSA) is 120 Å². The first-order chi connectivity index (χ1) is 14.0. The number of sulfone groups is 1. The first kappa shape index (κ1) is 22.4. The number of hydrogen-bond donors (Lipinski definition) is 1. The number of amides is 1. The van der Waals surface area contributed by atoms with Crippen LogP contribution in [0.25, 0.3) is 0 Å². The van der Waals surface area contributed by atoms with Gasteiger partial charge in [0.25, 0.3) is 5.91 Å². The van der Waals surface area contributed by atoms with E-state index in [4.69, 9.17) is 4.74 Å². The van der Waals surface area contributed by atoms with Crippen LogP contribution in [0.1, 0.15) is 77.6 Å². The van der Waals surface area contributed by atoms with Gasteiger partial charge in [0, 0.05) is 5.69 Å². The van der Waals surface area contributed by atoms with Crippen LogP contribution >= 0.6 is 11.3 Å². The van der Waals surface area contributed by atoms with E-state index < -0.39 is 21.7 Å². The Kier molecular flexibility index (Phi) is 6.32. The van der Waals surface area contributed by atoms with Gasteiger partial charge in [-0.25, -0.2) is 18.2 Å². The Morgan fingerprint density at radius 2 is 2.00 bits per heavy atom. The van der Waals surface area contributed by atoms with E-state index in [-0.39, 0.29) is 40.4 Å². The lowest BCUT2D eigenvalue weighted by Crippen LogP contribution is -2.17. The summed E-state index contributed by atoms with van der Waals surface area (Å²) in [7, 11) is -3.08. The van der Waals surface area contributed by atoms with E-state index in [0.717, 1.165) is 17.0 Å². The minimum atomic E-state index is -3.08. The number of carbonyl (C=O) groups excluding carboxylic acids is 2. The van der Waals surface area contributed by atoms with Gasteiger partial charge in [-0.1, -0.05) is 25.2 Å². The number of esters is 1. The third-order valence-electron chi connectivity index (χ3n) is 4.69. The molecule has 1 atom stereocenters. The Morgan fingerprint density at radius 1 is 1.30 bits per heavy atom. The van der Waals surface area contributed by atoms with E-state index >= 15 is 0 Å². The molecular weight excluding hydrogens is 428 g/mol. The van der Waals surface area contributed by atoms with E-state index in [0.29, 0.717) is 17.0 Å². The average molecular weight is 455 g/mol. The molecule has 0 spiro atoms. The van der Waals surface area contributed by atoms with E-state index in [1.807, 2.05) is 13.8 Å². The molecule has 9 nitrogen and oxygen atoms in total. The van der Waals surface area contributed by atoms with Crippen LogP contribution in [0.5, 0.6) is 0 Å². The zero-order chi connectivity index (χ0) is 22.2. The molecule has 0 radical (unpaired) electrons. The molecule has 0 bridgehead atoms. The van der Waals surface area contributed by atoms with E-state index in [1.165, 1.54) is 0 Å². The molecular formula is C19H26N4O5S2. The highest BCUT2D eigenvalue weighted by atomic mass is 32.2. The van der Waals surface area contributed by atoms with Crippen molar-refractivity contribution in [3.05, 3.63) is 28.0 Å². The molecule has 0 saturated carbocycles. The number of aromatic nitrogens is 3. The number of nitrogens with zero attached hydrogens (tertiary/aromatic N) is 3. The van der Waals surface area contributed by atoms with Crippen LogP contribution in [0.3, 0.4) is 0 Å². The monoisotopic (exact) mass is 454 g/mol. The van der Waals surface area contributed by atoms with Crippen LogP contribution in [0.2, 0.25) is 0 Å². The largest absolute Gasteiger partial charge is 0.459 e. The number of anilines is 1. The molecule has 0 unspecified atom stereocenters. The van der Waals surface area contributed by atoms with Gasteiger partial charge in [-0.2, -0.15) is 5.10 Å². The van der Waals surface area contributed by atoms with Gasteiger partial charge in [-0.15, -0.1) is 0 Å². The summed E-state index contributed by atoms with van der Waals surface area (Å²) in [6.45, 7) is 9.13. The molecule has 1 aliphatic heterocycles. The van der Waals surface area contributed by atoms with Gasteiger partial charge in [0.05, 0.1) is 29.3 Å². The van der Waals surface area contributed by atoms with Crippen molar-refractivity contribution in [2.75, 3.05) is 16.8 Å². The van der Waals surface area contributed by atoms with Crippen molar-refractivity contribution in [2.45, 2.75) is 59.1 Å². The maximum absolute atomic E-state index is 12.8. The quantitative estimate of drug-likeness (QED) is 0.666. The first-order valence-electron chi connectivity index (χ1n) is 9.76. The maximum atomic E-state index is 12.8. The summed E-state index contributed by atoms with van der Waals surface area (Å²) in [6, 6.07) is 1.41. The second kappa shape index (κ2) is 8.46.